The molecule has 19 heavy (non-hydrogen) atoms. The number of aromatic nitrogens is 1. The average Bonchev–Trinajstić information content (AvgIpc) is 2.35. The SMILES string of the molecule is CCOC(=O)CNc1cc(C(F)(F)F)cc(NN)n1. The molecule has 1 aromatic heterocycles. The largest absolute Gasteiger partial charge is 0.465 e. The molecule has 0 aliphatic rings. The number of esters is 1. The molecule has 0 saturated carbocycles. The van der Waals surface area contributed by atoms with Crippen molar-refractivity contribution in [2.45, 2.75) is 13.1 Å². The van der Waals surface area contributed by atoms with Crippen molar-refractivity contribution in [3.8, 4) is 0 Å². The summed E-state index contributed by atoms with van der Waals surface area (Å²) in [6.45, 7) is 1.52. The predicted octanol–water partition coefficient (Wildman–Crippen LogP) is 1.36. The van der Waals surface area contributed by atoms with E-state index in [1.807, 2.05) is 5.43 Å². The average molecular weight is 278 g/mol. The number of rotatable bonds is 5. The van der Waals surface area contributed by atoms with Crippen molar-refractivity contribution >= 4 is 17.6 Å². The molecule has 0 bridgehead atoms. The Morgan fingerprint density at radius 1 is 1.42 bits per heavy atom. The Kier molecular flexibility index (Phi) is 4.93. The topological polar surface area (TPSA) is 89.3 Å². The van der Waals surface area contributed by atoms with E-state index in [0.717, 1.165) is 12.1 Å². The van der Waals surface area contributed by atoms with Crippen LogP contribution >= 0.6 is 0 Å². The predicted molar refractivity (Wildman–Crippen MR) is 62.2 cm³/mol. The third-order valence-corrected chi connectivity index (χ3v) is 2.02. The molecule has 0 fully saturated rings. The van der Waals surface area contributed by atoms with Gasteiger partial charge in [-0.15, -0.1) is 0 Å². The molecule has 1 heterocycles. The van der Waals surface area contributed by atoms with Gasteiger partial charge in [0.2, 0.25) is 0 Å². The van der Waals surface area contributed by atoms with Gasteiger partial charge in [0.15, 0.2) is 0 Å². The summed E-state index contributed by atoms with van der Waals surface area (Å²) in [5.41, 5.74) is 1.10. The number of anilines is 2. The fraction of sp³-hybridized carbons (Fsp3) is 0.400. The number of alkyl halides is 3. The number of nitrogens with two attached hydrogens (primary N) is 1. The lowest BCUT2D eigenvalue weighted by Crippen LogP contribution is -2.19. The van der Waals surface area contributed by atoms with Crippen LogP contribution in [-0.4, -0.2) is 24.1 Å². The summed E-state index contributed by atoms with van der Waals surface area (Å²) in [5, 5.41) is 2.44. The number of nitrogen functional groups attached to an aromatic ring is 1. The van der Waals surface area contributed by atoms with Gasteiger partial charge in [-0.3, -0.25) is 4.79 Å². The van der Waals surface area contributed by atoms with Gasteiger partial charge in [-0.05, 0) is 19.1 Å². The minimum atomic E-state index is -4.53. The normalized spacial score (nSPS) is 11.0. The number of carbonyl (C=O) groups excluding carboxylic acids is 1. The quantitative estimate of drug-likeness (QED) is 0.428. The van der Waals surface area contributed by atoms with Gasteiger partial charge in [-0.1, -0.05) is 0 Å². The van der Waals surface area contributed by atoms with Gasteiger partial charge in [0.1, 0.15) is 18.2 Å². The third-order valence-electron chi connectivity index (χ3n) is 2.02. The van der Waals surface area contributed by atoms with E-state index in [4.69, 9.17) is 5.84 Å². The molecular formula is C10H13F3N4O2. The molecule has 9 heteroatoms. The van der Waals surface area contributed by atoms with E-state index in [0.29, 0.717) is 0 Å². The minimum absolute atomic E-state index is 0.129. The van der Waals surface area contributed by atoms with Crippen molar-refractivity contribution in [1.29, 1.82) is 0 Å². The second-order valence-corrected chi connectivity index (χ2v) is 3.43. The Morgan fingerprint density at radius 3 is 2.58 bits per heavy atom. The standard InChI is InChI=1S/C10H13F3N4O2/c1-2-19-9(18)5-15-7-3-6(10(11,12)13)4-8(16-7)17-14/h3-4H,2,5,14H2,1H3,(H2,15,16,17). The lowest BCUT2D eigenvalue weighted by atomic mass is 10.2. The number of hydrogen-bond acceptors (Lipinski definition) is 6. The van der Waals surface area contributed by atoms with Crippen LogP contribution < -0.4 is 16.6 Å². The lowest BCUT2D eigenvalue weighted by molar-refractivity contribution is -0.141. The van der Waals surface area contributed by atoms with Crippen molar-refractivity contribution in [3.05, 3.63) is 17.7 Å². The Hall–Kier alpha value is -2.03. The second-order valence-electron chi connectivity index (χ2n) is 3.43. The smallest absolute Gasteiger partial charge is 0.416 e. The van der Waals surface area contributed by atoms with Crippen LogP contribution in [0.15, 0.2) is 12.1 Å². The molecule has 0 aliphatic heterocycles. The highest BCUT2D eigenvalue weighted by molar-refractivity contribution is 5.74. The fourth-order valence-electron chi connectivity index (χ4n) is 1.23. The Labute approximate surface area is 107 Å². The summed E-state index contributed by atoms with van der Waals surface area (Å²) < 4.78 is 42.4. The minimum Gasteiger partial charge on any atom is -0.465 e. The van der Waals surface area contributed by atoms with E-state index in [2.05, 4.69) is 15.0 Å². The van der Waals surface area contributed by atoms with Crippen LogP contribution in [0.2, 0.25) is 0 Å². The molecule has 0 amide bonds. The molecule has 4 N–H and O–H groups in total. The van der Waals surface area contributed by atoms with E-state index in [1.54, 1.807) is 6.92 Å². The molecular weight excluding hydrogens is 265 g/mol. The maximum absolute atomic E-state index is 12.6. The van der Waals surface area contributed by atoms with Crippen molar-refractivity contribution < 1.29 is 22.7 Å². The number of ether oxygens (including phenoxy) is 1. The number of carbonyl (C=O) groups is 1. The second kappa shape index (κ2) is 6.23. The molecule has 1 rings (SSSR count). The fourth-order valence-corrected chi connectivity index (χ4v) is 1.23. The molecule has 106 valence electrons. The van der Waals surface area contributed by atoms with E-state index in [1.165, 1.54) is 0 Å². The number of nitrogens with one attached hydrogen (secondary N) is 2. The molecule has 0 unspecified atom stereocenters. The molecule has 0 spiro atoms. The van der Waals surface area contributed by atoms with Crippen LogP contribution in [0.5, 0.6) is 0 Å². The van der Waals surface area contributed by atoms with E-state index < -0.39 is 17.7 Å². The zero-order chi connectivity index (χ0) is 14.5. The molecule has 1 aromatic rings. The first kappa shape index (κ1) is 15.0. The van der Waals surface area contributed by atoms with Gasteiger partial charge in [0, 0.05) is 0 Å². The summed E-state index contributed by atoms with van der Waals surface area (Å²) >= 11 is 0. The summed E-state index contributed by atoms with van der Waals surface area (Å²) in [4.78, 5) is 14.8. The third kappa shape index (κ3) is 4.62. The first-order valence-corrected chi connectivity index (χ1v) is 5.32. The summed E-state index contributed by atoms with van der Waals surface area (Å²) in [5.74, 6) is 4.15. The number of halogens is 3. The molecule has 0 atom stereocenters. The lowest BCUT2D eigenvalue weighted by Gasteiger charge is -2.12. The van der Waals surface area contributed by atoms with Gasteiger partial charge in [-0.25, -0.2) is 10.8 Å². The van der Waals surface area contributed by atoms with Crippen molar-refractivity contribution in [2.75, 3.05) is 23.9 Å². The van der Waals surface area contributed by atoms with Gasteiger partial charge in [0.05, 0.1) is 12.2 Å². The first-order chi connectivity index (χ1) is 8.86. The maximum Gasteiger partial charge on any atom is 0.416 e. The summed E-state index contributed by atoms with van der Waals surface area (Å²) in [7, 11) is 0. The van der Waals surface area contributed by atoms with Crippen LogP contribution in [-0.2, 0) is 15.7 Å². The van der Waals surface area contributed by atoms with Crippen molar-refractivity contribution in [1.82, 2.24) is 4.98 Å². The maximum atomic E-state index is 12.6. The number of pyridine rings is 1. The van der Waals surface area contributed by atoms with Gasteiger partial charge >= 0.3 is 12.1 Å². The van der Waals surface area contributed by atoms with Crippen molar-refractivity contribution in [3.63, 3.8) is 0 Å². The molecule has 0 aliphatic carbocycles. The zero-order valence-corrected chi connectivity index (χ0v) is 10.0. The number of hydrogen-bond donors (Lipinski definition) is 3. The van der Waals surface area contributed by atoms with E-state index >= 15 is 0 Å². The van der Waals surface area contributed by atoms with Gasteiger partial charge in [-0.2, -0.15) is 13.2 Å². The van der Waals surface area contributed by atoms with Crippen LogP contribution in [0.25, 0.3) is 0 Å². The Morgan fingerprint density at radius 2 is 2.05 bits per heavy atom. The van der Waals surface area contributed by atoms with Gasteiger partial charge in [0.25, 0.3) is 0 Å². The van der Waals surface area contributed by atoms with Crippen LogP contribution in [0, 0.1) is 0 Å². The highest BCUT2D eigenvalue weighted by Gasteiger charge is 2.31. The summed E-state index contributed by atoms with van der Waals surface area (Å²) in [6.07, 6.45) is -4.53. The Bertz CT molecular complexity index is 451. The van der Waals surface area contributed by atoms with Crippen molar-refractivity contribution in [2.24, 2.45) is 5.84 Å². The summed E-state index contributed by atoms with van der Waals surface area (Å²) in [6, 6.07) is 1.54. The highest BCUT2D eigenvalue weighted by Crippen LogP contribution is 2.31. The number of nitrogens with zero attached hydrogens (tertiary/aromatic N) is 1. The van der Waals surface area contributed by atoms with Crippen LogP contribution in [0.4, 0.5) is 24.8 Å². The monoisotopic (exact) mass is 278 g/mol. The molecule has 0 aromatic carbocycles. The Balaban J connectivity index is 2.86. The van der Waals surface area contributed by atoms with E-state index in [-0.39, 0.29) is 24.8 Å². The number of hydrazine groups is 1. The molecule has 0 saturated heterocycles. The van der Waals surface area contributed by atoms with Gasteiger partial charge < -0.3 is 15.5 Å². The molecule has 0 radical (unpaired) electrons. The highest BCUT2D eigenvalue weighted by atomic mass is 19.4. The molecule has 6 nitrogen and oxygen atoms in total. The van der Waals surface area contributed by atoms with Crippen LogP contribution in [0.1, 0.15) is 12.5 Å². The van der Waals surface area contributed by atoms with E-state index in [9.17, 15) is 18.0 Å². The van der Waals surface area contributed by atoms with Crippen LogP contribution in [0.3, 0.4) is 0 Å². The first-order valence-electron chi connectivity index (χ1n) is 5.32. The zero-order valence-electron chi connectivity index (χ0n) is 10.0.